The fraction of sp³-hybridized carbons (Fsp3) is 0.300. The van der Waals surface area contributed by atoms with Gasteiger partial charge in [0.15, 0.2) is 0 Å². The molecule has 28 heavy (non-hydrogen) atoms. The number of para-hydroxylation sites is 1. The van der Waals surface area contributed by atoms with Crippen LogP contribution in [0.15, 0.2) is 54.6 Å². The molecule has 0 saturated heterocycles. The molecular formula is C20H27ClN4O3. The number of benzene rings is 2. The van der Waals surface area contributed by atoms with Gasteiger partial charge in [0.05, 0.1) is 12.5 Å². The molecule has 0 aromatic heterocycles. The smallest absolute Gasteiger partial charge is 0.312 e. The Hall–Kier alpha value is -2.77. The molecular weight excluding hydrogens is 380 g/mol. The van der Waals surface area contributed by atoms with Gasteiger partial charge in [-0.2, -0.15) is 0 Å². The predicted octanol–water partition coefficient (Wildman–Crippen LogP) is 2.85. The van der Waals surface area contributed by atoms with Crippen molar-refractivity contribution in [3.63, 3.8) is 0 Å². The van der Waals surface area contributed by atoms with Crippen LogP contribution in [0.1, 0.15) is 31.9 Å². The third-order valence-electron chi connectivity index (χ3n) is 3.69. The van der Waals surface area contributed by atoms with Crippen molar-refractivity contribution < 1.29 is 14.3 Å². The lowest BCUT2D eigenvalue weighted by atomic mass is 10.0. The van der Waals surface area contributed by atoms with Crippen LogP contribution in [0, 0.1) is 0 Å². The van der Waals surface area contributed by atoms with Crippen molar-refractivity contribution in [1.29, 1.82) is 0 Å². The summed E-state index contributed by atoms with van der Waals surface area (Å²) in [6, 6.07) is 15.2. The number of ether oxygens (including phenoxy) is 1. The number of urea groups is 1. The zero-order valence-corrected chi connectivity index (χ0v) is 16.8. The zero-order valence-electron chi connectivity index (χ0n) is 16.0. The minimum absolute atomic E-state index is 0. The van der Waals surface area contributed by atoms with Gasteiger partial charge in [-0.3, -0.25) is 4.79 Å². The van der Waals surface area contributed by atoms with Crippen LogP contribution in [0.2, 0.25) is 0 Å². The number of hydrogen-bond donors (Lipinski definition) is 4. The minimum atomic E-state index is -0.707. The molecule has 0 spiro atoms. The molecule has 0 aliphatic heterocycles. The molecule has 8 heteroatoms. The highest BCUT2D eigenvalue weighted by Gasteiger charge is 2.20. The van der Waals surface area contributed by atoms with Gasteiger partial charge in [-0.25, -0.2) is 4.79 Å². The second kappa shape index (κ2) is 10.5. The van der Waals surface area contributed by atoms with Crippen LogP contribution in [0.25, 0.3) is 0 Å². The summed E-state index contributed by atoms with van der Waals surface area (Å²) >= 11 is 0. The molecule has 0 heterocycles. The maximum atomic E-state index is 12.2. The van der Waals surface area contributed by atoms with Gasteiger partial charge >= 0.3 is 6.03 Å². The number of primary amides is 1. The Balaban J connectivity index is 0.00000392. The monoisotopic (exact) mass is 406 g/mol. The van der Waals surface area contributed by atoms with Crippen molar-refractivity contribution in [2.45, 2.75) is 31.8 Å². The van der Waals surface area contributed by atoms with E-state index in [9.17, 15) is 9.59 Å². The van der Waals surface area contributed by atoms with Crippen molar-refractivity contribution in [3.05, 3.63) is 60.2 Å². The molecule has 2 rings (SSSR count). The first-order chi connectivity index (χ1) is 12.7. The third-order valence-corrected chi connectivity index (χ3v) is 3.69. The lowest BCUT2D eigenvalue weighted by Gasteiger charge is -2.22. The van der Waals surface area contributed by atoms with Gasteiger partial charge in [0.2, 0.25) is 5.91 Å². The second-order valence-electron chi connectivity index (χ2n) is 7.02. The number of rotatable bonds is 8. The molecule has 2 aromatic rings. The van der Waals surface area contributed by atoms with E-state index in [1.807, 2.05) is 44.2 Å². The van der Waals surface area contributed by atoms with E-state index in [-0.39, 0.29) is 24.7 Å². The van der Waals surface area contributed by atoms with Crippen LogP contribution in [0.3, 0.4) is 0 Å². The summed E-state index contributed by atoms with van der Waals surface area (Å²) in [7, 11) is 0. The first-order valence-corrected chi connectivity index (χ1v) is 8.67. The van der Waals surface area contributed by atoms with Crippen molar-refractivity contribution in [1.82, 2.24) is 10.6 Å². The van der Waals surface area contributed by atoms with E-state index in [0.29, 0.717) is 23.6 Å². The van der Waals surface area contributed by atoms with Crippen LogP contribution in [-0.4, -0.2) is 24.0 Å². The molecule has 0 fully saturated rings. The predicted molar refractivity (Wildman–Crippen MR) is 112 cm³/mol. The standard InChI is InChI=1S/C20H26N4O3.ClH/c1-20(2,22)13-23-18(25)12-17(24-19(21)26)14-7-6-10-16(11-14)27-15-8-4-3-5-9-15;/h3-11,17H,12-13,22H2,1-2H3,(H,23,25)(H3,21,24,26);1H. The van der Waals surface area contributed by atoms with Crippen LogP contribution >= 0.6 is 12.4 Å². The van der Waals surface area contributed by atoms with Gasteiger partial charge in [0.1, 0.15) is 11.5 Å². The number of nitrogens with two attached hydrogens (primary N) is 2. The van der Waals surface area contributed by atoms with E-state index in [1.54, 1.807) is 24.3 Å². The zero-order chi connectivity index (χ0) is 19.9. The first kappa shape index (κ1) is 23.3. The Labute approximate surface area is 171 Å². The highest BCUT2D eigenvalue weighted by atomic mass is 35.5. The minimum Gasteiger partial charge on any atom is -0.457 e. The maximum Gasteiger partial charge on any atom is 0.312 e. The van der Waals surface area contributed by atoms with E-state index in [1.165, 1.54) is 0 Å². The Kier molecular flexibility index (Phi) is 8.76. The molecule has 0 aliphatic rings. The Morgan fingerprint density at radius 3 is 2.32 bits per heavy atom. The third kappa shape index (κ3) is 8.28. The molecule has 7 nitrogen and oxygen atoms in total. The molecule has 0 saturated carbocycles. The topological polar surface area (TPSA) is 119 Å². The normalized spacial score (nSPS) is 11.7. The molecule has 152 valence electrons. The van der Waals surface area contributed by atoms with Gasteiger partial charge < -0.3 is 26.8 Å². The van der Waals surface area contributed by atoms with Crippen molar-refractivity contribution >= 4 is 24.3 Å². The van der Waals surface area contributed by atoms with E-state index in [0.717, 1.165) is 0 Å². The lowest BCUT2D eigenvalue weighted by molar-refractivity contribution is -0.121. The molecule has 0 bridgehead atoms. The second-order valence-corrected chi connectivity index (χ2v) is 7.02. The van der Waals surface area contributed by atoms with Gasteiger partial charge in [-0.05, 0) is 43.7 Å². The van der Waals surface area contributed by atoms with Crippen molar-refractivity contribution in [2.75, 3.05) is 6.54 Å². The summed E-state index contributed by atoms with van der Waals surface area (Å²) in [6.45, 7) is 3.96. The molecule has 0 aliphatic carbocycles. The number of carbonyl (C=O) groups excluding carboxylic acids is 2. The number of nitrogens with one attached hydrogen (secondary N) is 2. The van der Waals surface area contributed by atoms with Crippen LogP contribution < -0.4 is 26.8 Å². The van der Waals surface area contributed by atoms with Gasteiger partial charge in [-0.15, -0.1) is 12.4 Å². The quantitative estimate of drug-likeness (QED) is 0.538. The fourth-order valence-electron chi connectivity index (χ4n) is 2.43. The Morgan fingerprint density at radius 1 is 1.07 bits per heavy atom. The Bertz CT molecular complexity index is 779. The molecule has 0 radical (unpaired) electrons. The number of amides is 3. The molecule has 6 N–H and O–H groups in total. The lowest BCUT2D eigenvalue weighted by Crippen LogP contribution is -2.46. The molecule has 3 amide bonds. The number of halogens is 1. The average Bonchev–Trinajstić information content (AvgIpc) is 2.60. The highest BCUT2D eigenvalue weighted by molar-refractivity contribution is 5.85. The van der Waals surface area contributed by atoms with E-state index in [2.05, 4.69) is 10.6 Å². The van der Waals surface area contributed by atoms with Crippen molar-refractivity contribution in [3.8, 4) is 11.5 Å². The largest absolute Gasteiger partial charge is 0.457 e. The summed E-state index contributed by atoms with van der Waals surface area (Å²) in [5.41, 5.74) is 11.3. The SMILES string of the molecule is CC(C)(N)CNC(=O)CC(NC(N)=O)c1cccc(Oc2ccccc2)c1.Cl. The van der Waals surface area contributed by atoms with Crippen LogP contribution in [0.5, 0.6) is 11.5 Å². The van der Waals surface area contributed by atoms with E-state index >= 15 is 0 Å². The average molecular weight is 407 g/mol. The molecule has 1 atom stereocenters. The summed E-state index contributed by atoms with van der Waals surface area (Å²) < 4.78 is 5.81. The van der Waals surface area contributed by atoms with Crippen LogP contribution in [0.4, 0.5) is 4.79 Å². The van der Waals surface area contributed by atoms with E-state index in [4.69, 9.17) is 16.2 Å². The summed E-state index contributed by atoms with van der Waals surface area (Å²) in [5.74, 6) is 1.05. The Morgan fingerprint density at radius 2 is 1.71 bits per heavy atom. The van der Waals surface area contributed by atoms with Crippen LogP contribution in [-0.2, 0) is 4.79 Å². The van der Waals surface area contributed by atoms with E-state index < -0.39 is 17.6 Å². The fourth-order valence-corrected chi connectivity index (χ4v) is 2.43. The number of hydrogen-bond acceptors (Lipinski definition) is 4. The summed E-state index contributed by atoms with van der Waals surface area (Å²) in [4.78, 5) is 23.6. The molecule has 2 aromatic carbocycles. The van der Waals surface area contributed by atoms with Gasteiger partial charge in [0, 0.05) is 12.1 Å². The highest BCUT2D eigenvalue weighted by Crippen LogP contribution is 2.25. The van der Waals surface area contributed by atoms with Gasteiger partial charge in [0.25, 0.3) is 0 Å². The summed E-state index contributed by atoms with van der Waals surface area (Å²) in [5, 5.41) is 5.37. The first-order valence-electron chi connectivity index (χ1n) is 8.67. The number of carbonyl (C=O) groups is 2. The molecule has 1 unspecified atom stereocenters. The maximum absolute atomic E-state index is 12.2. The van der Waals surface area contributed by atoms with Crippen molar-refractivity contribution in [2.24, 2.45) is 11.5 Å². The van der Waals surface area contributed by atoms with Gasteiger partial charge in [-0.1, -0.05) is 30.3 Å². The summed E-state index contributed by atoms with van der Waals surface area (Å²) in [6.07, 6.45) is 0.0355.